The van der Waals surface area contributed by atoms with E-state index in [1.807, 2.05) is 0 Å². The van der Waals surface area contributed by atoms with E-state index < -0.39 is 23.6 Å². The largest absolute Gasteiger partial charge is 0.872 e. The van der Waals surface area contributed by atoms with Crippen LogP contribution in [0.5, 0.6) is 11.5 Å². The molecule has 24 heavy (non-hydrogen) atoms. The van der Waals surface area contributed by atoms with Crippen LogP contribution in [-0.4, -0.2) is 23.0 Å². The zero-order valence-corrected chi connectivity index (χ0v) is 12.7. The third-order valence-electron chi connectivity index (χ3n) is 3.11. The minimum absolute atomic E-state index is 0.0218. The summed E-state index contributed by atoms with van der Waals surface area (Å²) in [6.45, 7) is 1.66. The highest BCUT2D eigenvalue weighted by Gasteiger charge is 2.13. The predicted octanol–water partition coefficient (Wildman–Crippen LogP) is 2.03. The molecule has 2 rings (SSSR count). The number of carbonyl (C=O) groups excluding carboxylic acids is 2. The van der Waals surface area contributed by atoms with Gasteiger partial charge < -0.3 is 20.3 Å². The van der Waals surface area contributed by atoms with Crippen molar-refractivity contribution in [3.8, 4) is 11.5 Å². The molecule has 0 saturated carbocycles. The highest BCUT2D eigenvalue weighted by Crippen LogP contribution is 2.21. The number of nitrogens with one attached hydrogen (secondary N) is 1. The second-order valence-electron chi connectivity index (χ2n) is 4.82. The molecule has 7 nitrogen and oxygen atoms in total. The lowest BCUT2D eigenvalue weighted by atomic mass is 10.1. The lowest BCUT2D eigenvalue weighted by Gasteiger charge is -2.12. The summed E-state index contributed by atoms with van der Waals surface area (Å²) in [5, 5.41) is 22.8. The van der Waals surface area contributed by atoms with Crippen LogP contribution in [-0.2, 0) is 4.79 Å². The molecule has 0 unspecified atom stereocenters. The number of hydrogen-bond acceptors (Lipinski definition) is 5. The van der Waals surface area contributed by atoms with Crippen LogP contribution >= 0.6 is 0 Å². The Morgan fingerprint density at radius 3 is 2.38 bits per heavy atom. The van der Waals surface area contributed by atoms with Crippen molar-refractivity contribution in [1.82, 2.24) is 0 Å². The van der Waals surface area contributed by atoms with E-state index in [4.69, 9.17) is 9.84 Å². The van der Waals surface area contributed by atoms with Crippen LogP contribution in [0, 0.1) is 0 Å². The molecule has 2 aromatic rings. The molecule has 0 saturated heterocycles. The second-order valence-corrected chi connectivity index (χ2v) is 4.82. The zero-order valence-electron chi connectivity index (χ0n) is 12.7. The average molecular weight is 328 g/mol. The van der Waals surface area contributed by atoms with Crippen molar-refractivity contribution in [1.29, 1.82) is 0 Å². The molecule has 0 radical (unpaired) electrons. The number of ether oxygens (including phenoxy) is 1. The summed E-state index contributed by atoms with van der Waals surface area (Å²) in [5.74, 6) is -2.42. The maximum Gasteiger partial charge on any atom is 0.337 e. The summed E-state index contributed by atoms with van der Waals surface area (Å²) in [5.41, 5.74) is -0.0215. The van der Waals surface area contributed by atoms with Gasteiger partial charge in [0.25, 0.3) is 5.91 Å². The van der Waals surface area contributed by atoms with Crippen LogP contribution in [0.3, 0.4) is 0 Å². The average Bonchev–Trinajstić information content (AvgIpc) is 2.56. The van der Waals surface area contributed by atoms with Crippen molar-refractivity contribution in [2.75, 3.05) is 5.32 Å². The predicted molar refractivity (Wildman–Crippen MR) is 83.2 cm³/mol. The quantitative estimate of drug-likeness (QED) is 0.641. The number of anilines is 1. The number of aromatic carboxylic acids is 1. The van der Waals surface area contributed by atoms with E-state index in [0.717, 1.165) is 12.1 Å². The molecule has 7 heteroatoms. The molecule has 0 aromatic heterocycles. The van der Waals surface area contributed by atoms with E-state index in [1.54, 1.807) is 6.92 Å². The Kier molecular flexibility index (Phi) is 5.16. The van der Waals surface area contributed by atoms with Gasteiger partial charge in [0.1, 0.15) is 5.75 Å². The smallest absolute Gasteiger partial charge is 0.337 e. The van der Waals surface area contributed by atoms with E-state index in [-0.39, 0.29) is 23.2 Å². The molecule has 1 amide bonds. The number of carboxylic acids is 1. The Hall–Kier alpha value is -3.35. The minimum Gasteiger partial charge on any atom is -0.872 e. The molecular weight excluding hydrogens is 314 g/mol. The maximum absolute atomic E-state index is 12.2. The lowest BCUT2D eigenvalue weighted by molar-refractivity contribution is -0.268. The first-order valence-corrected chi connectivity index (χ1v) is 7.07. The van der Waals surface area contributed by atoms with Crippen molar-refractivity contribution >= 4 is 23.5 Å². The van der Waals surface area contributed by atoms with Crippen LogP contribution in [0.15, 0.2) is 42.5 Å². The Balaban J connectivity index is 2.16. The van der Waals surface area contributed by atoms with Gasteiger partial charge in [-0.25, -0.2) is 4.79 Å². The van der Waals surface area contributed by atoms with E-state index in [2.05, 4.69) is 5.32 Å². The van der Waals surface area contributed by atoms with Gasteiger partial charge in [0, 0.05) is 12.0 Å². The number of carbonyl (C=O) groups is 3. The monoisotopic (exact) mass is 328 g/mol. The van der Waals surface area contributed by atoms with Gasteiger partial charge in [-0.1, -0.05) is 19.1 Å². The third-order valence-corrected chi connectivity index (χ3v) is 3.11. The fraction of sp³-hybridized carbons (Fsp3) is 0.118. The van der Waals surface area contributed by atoms with Gasteiger partial charge in [0.2, 0.25) is 0 Å². The van der Waals surface area contributed by atoms with Crippen molar-refractivity contribution in [2.24, 2.45) is 0 Å². The lowest BCUT2D eigenvalue weighted by Crippen LogP contribution is -2.15. The number of carboxylic acid groups (broad SMARTS) is 1. The number of rotatable bonds is 5. The molecule has 0 aliphatic carbocycles. The summed E-state index contributed by atoms with van der Waals surface area (Å²) >= 11 is 0. The minimum atomic E-state index is -1.31. The molecule has 0 fully saturated rings. The van der Waals surface area contributed by atoms with E-state index in [9.17, 15) is 19.5 Å². The summed E-state index contributed by atoms with van der Waals surface area (Å²) in [7, 11) is 0. The summed E-state index contributed by atoms with van der Waals surface area (Å²) in [6, 6.07) is 9.14. The molecular formula is C17H14NO6-. The van der Waals surface area contributed by atoms with Crippen LogP contribution in [0.25, 0.3) is 0 Å². The van der Waals surface area contributed by atoms with E-state index in [0.29, 0.717) is 5.75 Å². The molecule has 2 N–H and O–H groups in total. The van der Waals surface area contributed by atoms with Crippen molar-refractivity contribution < 1.29 is 29.3 Å². The maximum atomic E-state index is 12.2. The molecule has 2 aromatic carbocycles. The molecule has 0 bridgehead atoms. The second kappa shape index (κ2) is 7.28. The Morgan fingerprint density at radius 1 is 1.12 bits per heavy atom. The molecule has 0 aliphatic heterocycles. The van der Waals surface area contributed by atoms with Gasteiger partial charge >= 0.3 is 11.9 Å². The summed E-state index contributed by atoms with van der Waals surface area (Å²) in [4.78, 5) is 34.5. The first-order chi connectivity index (χ1) is 11.4. The van der Waals surface area contributed by atoms with Gasteiger partial charge in [-0.3, -0.25) is 9.59 Å². The highest BCUT2D eigenvalue weighted by molar-refractivity contribution is 6.07. The van der Waals surface area contributed by atoms with Crippen molar-refractivity contribution in [3.63, 3.8) is 0 Å². The van der Waals surface area contributed by atoms with Gasteiger partial charge in [-0.2, -0.15) is 0 Å². The van der Waals surface area contributed by atoms with Gasteiger partial charge in [-0.05, 0) is 30.3 Å². The first-order valence-electron chi connectivity index (χ1n) is 7.07. The summed E-state index contributed by atoms with van der Waals surface area (Å²) < 4.78 is 5.00. The molecule has 0 aliphatic rings. The third kappa shape index (κ3) is 4.10. The number of esters is 1. The van der Waals surface area contributed by atoms with Crippen LogP contribution in [0.2, 0.25) is 0 Å². The normalized spacial score (nSPS) is 10.0. The molecule has 0 heterocycles. The van der Waals surface area contributed by atoms with Crippen molar-refractivity contribution in [2.45, 2.75) is 13.3 Å². The van der Waals surface area contributed by atoms with Gasteiger partial charge in [-0.15, -0.1) is 5.75 Å². The summed E-state index contributed by atoms with van der Waals surface area (Å²) in [6.07, 6.45) is 0.232. The standard InChI is InChI=1S/C17H15NO6/c1-2-15(20)24-12-6-3-10(4-7-12)16(21)18-14-8-5-11(19)9-13(14)17(22)23/h3-9,19H,2H2,1H3,(H,18,21)(H,22,23)/p-1. The Morgan fingerprint density at radius 2 is 1.79 bits per heavy atom. The number of benzene rings is 2. The van der Waals surface area contributed by atoms with Crippen LogP contribution in [0.4, 0.5) is 5.69 Å². The van der Waals surface area contributed by atoms with Gasteiger partial charge in [0.15, 0.2) is 0 Å². The van der Waals surface area contributed by atoms with E-state index in [1.165, 1.54) is 30.3 Å². The SMILES string of the molecule is CCC(=O)Oc1ccc(C(=O)Nc2ccc([O-])cc2C(=O)O)cc1. The number of amides is 1. The Labute approximate surface area is 137 Å². The molecule has 0 spiro atoms. The van der Waals surface area contributed by atoms with Crippen LogP contribution in [0.1, 0.15) is 34.1 Å². The molecule has 0 atom stereocenters. The topological polar surface area (TPSA) is 116 Å². The highest BCUT2D eigenvalue weighted by atomic mass is 16.5. The molecule has 124 valence electrons. The fourth-order valence-electron chi connectivity index (χ4n) is 1.88. The zero-order chi connectivity index (χ0) is 17.7. The Bertz CT molecular complexity index is 782. The van der Waals surface area contributed by atoms with Crippen molar-refractivity contribution in [3.05, 3.63) is 53.6 Å². The number of hydrogen-bond donors (Lipinski definition) is 2. The fourth-order valence-corrected chi connectivity index (χ4v) is 1.88. The first kappa shape index (κ1) is 17.0. The van der Waals surface area contributed by atoms with E-state index >= 15 is 0 Å². The van der Waals surface area contributed by atoms with Crippen LogP contribution < -0.4 is 15.2 Å². The van der Waals surface area contributed by atoms with Gasteiger partial charge in [0.05, 0.1) is 11.3 Å².